The van der Waals surface area contributed by atoms with E-state index in [0.717, 1.165) is 10.2 Å². The standard InChI is InChI=1S/C16H16BrNO2S2/c1-20-9-11(8-19)18-10-5-6-13-15(7-10)21-14-4-2-3-12(17)16(14)22-13/h2-7,11,18-19H,8-9H2,1H3/t11-/m0/s1. The van der Waals surface area contributed by atoms with Crippen LogP contribution in [0.1, 0.15) is 0 Å². The van der Waals surface area contributed by atoms with Crippen molar-refractivity contribution in [1.82, 2.24) is 0 Å². The van der Waals surface area contributed by atoms with Gasteiger partial charge >= 0.3 is 0 Å². The molecule has 0 fully saturated rings. The summed E-state index contributed by atoms with van der Waals surface area (Å²) < 4.78 is 6.24. The van der Waals surface area contributed by atoms with E-state index in [2.05, 4.69) is 51.6 Å². The van der Waals surface area contributed by atoms with E-state index in [9.17, 15) is 5.11 Å². The molecule has 0 saturated heterocycles. The van der Waals surface area contributed by atoms with Gasteiger partial charge in [-0.1, -0.05) is 29.6 Å². The molecule has 1 atom stereocenters. The smallest absolute Gasteiger partial charge is 0.0725 e. The van der Waals surface area contributed by atoms with Gasteiger partial charge in [-0.25, -0.2) is 0 Å². The molecule has 1 aliphatic rings. The van der Waals surface area contributed by atoms with Crippen LogP contribution in [-0.2, 0) is 4.74 Å². The maximum atomic E-state index is 9.36. The lowest BCUT2D eigenvalue weighted by Crippen LogP contribution is -2.28. The van der Waals surface area contributed by atoms with Crippen LogP contribution in [0.4, 0.5) is 5.69 Å². The summed E-state index contributed by atoms with van der Waals surface area (Å²) in [4.78, 5) is 5.02. The Morgan fingerprint density at radius 1 is 1.18 bits per heavy atom. The molecular formula is C16H16BrNO2S2. The minimum Gasteiger partial charge on any atom is -0.394 e. The Balaban J connectivity index is 1.83. The zero-order valence-electron chi connectivity index (χ0n) is 12.0. The minimum absolute atomic E-state index is 0.0442. The fraction of sp³-hybridized carbons (Fsp3) is 0.250. The second kappa shape index (κ2) is 7.27. The summed E-state index contributed by atoms with van der Waals surface area (Å²) in [6, 6.07) is 12.5. The third kappa shape index (κ3) is 3.46. The zero-order chi connectivity index (χ0) is 15.5. The molecule has 0 spiro atoms. The van der Waals surface area contributed by atoms with Crippen molar-refractivity contribution in [2.45, 2.75) is 25.6 Å². The van der Waals surface area contributed by atoms with Gasteiger partial charge in [0.25, 0.3) is 0 Å². The molecule has 3 rings (SSSR count). The highest BCUT2D eigenvalue weighted by Crippen LogP contribution is 2.51. The number of aliphatic hydroxyl groups is 1. The molecule has 1 heterocycles. The van der Waals surface area contributed by atoms with Gasteiger partial charge < -0.3 is 15.2 Å². The van der Waals surface area contributed by atoms with Crippen molar-refractivity contribution in [1.29, 1.82) is 0 Å². The van der Waals surface area contributed by atoms with E-state index in [1.807, 2.05) is 6.07 Å². The lowest BCUT2D eigenvalue weighted by atomic mass is 10.2. The third-order valence-electron chi connectivity index (χ3n) is 3.27. The van der Waals surface area contributed by atoms with Crippen LogP contribution in [0.5, 0.6) is 0 Å². The van der Waals surface area contributed by atoms with Crippen molar-refractivity contribution in [3.63, 3.8) is 0 Å². The number of nitrogens with one attached hydrogen (secondary N) is 1. The van der Waals surface area contributed by atoms with Crippen molar-refractivity contribution in [2.75, 3.05) is 25.6 Å². The van der Waals surface area contributed by atoms with Gasteiger partial charge in [0.05, 0.1) is 19.3 Å². The van der Waals surface area contributed by atoms with Crippen LogP contribution in [0.3, 0.4) is 0 Å². The van der Waals surface area contributed by atoms with E-state index in [4.69, 9.17) is 4.74 Å². The number of hydrogen-bond donors (Lipinski definition) is 2. The van der Waals surface area contributed by atoms with Gasteiger partial charge in [0.1, 0.15) is 0 Å². The van der Waals surface area contributed by atoms with Crippen LogP contribution in [0.15, 0.2) is 60.5 Å². The van der Waals surface area contributed by atoms with E-state index in [1.165, 1.54) is 19.6 Å². The van der Waals surface area contributed by atoms with E-state index in [0.29, 0.717) is 6.61 Å². The highest BCUT2D eigenvalue weighted by atomic mass is 79.9. The van der Waals surface area contributed by atoms with E-state index < -0.39 is 0 Å². The van der Waals surface area contributed by atoms with E-state index >= 15 is 0 Å². The molecule has 0 bridgehead atoms. The Morgan fingerprint density at radius 3 is 2.82 bits per heavy atom. The topological polar surface area (TPSA) is 41.5 Å². The summed E-state index contributed by atoms with van der Waals surface area (Å²) in [6.07, 6.45) is 0. The lowest BCUT2D eigenvalue weighted by molar-refractivity contribution is 0.153. The quantitative estimate of drug-likeness (QED) is 0.663. The molecule has 3 nitrogen and oxygen atoms in total. The number of anilines is 1. The first-order chi connectivity index (χ1) is 10.7. The number of benzene rings is 2. The van der Waals surface area contributed by atoms with Gasteiger partial charge in [-0.2, -0.15) is 0 Å². The van der Waals surface area contributed by atoms with Gasteiger partial charge in [-0.05, 0) is 46.3 Å². The van der Waals surface area contributed by atoms with Gasteiger partial charge in [0.2, 0.25) is 0 Å². The monoisotopic (exact) mass is 397 g/mol. The summed E-state index contributed by atoms with van der Waals surface area (Å²) >= 11 is 7.18. The Bertz CT molecular complexity index is 681. The average Bonchev–Trinajstić information content (AvgIpc) is 2.53. The maximum Gasteiger partial charge on any atom is 0.0725 e. The van der Waals surface area contributed by atoms with Gasteiger partial charge in [0.15, 0.2) is 0 Å². The van der Waals surface area contributed by atoms with Gasteiger partial charge in [-0.3, -0.25) is 0 Å². The van der Waals surface area contributed by atoms with Crippen molar-refractivity contribution in [3.8, 4) is 0 Å². The van der Waals surface area contributed by atoms with Crippen LogP contribution in [0, 0.1) is 0 Å². The molecule has 0 saturated carbocycles. The number of ether oxygens (including phenoxy) is 1. The summed E-state index contributed by atoms with van der Waals surface area (Å²) in [5, 5.41) is 12.7. The Hall–Kier alpha value is -0.660. The molecule has 2 aromatic rings. The molecule has 22 heavy (non-hydrogen) atoms. The number of fused-ring (bicyclic) bond motifs is 2. The molecule has 116 valence electrons. The molecule has 0 unspecified atom stereocenters. The van der Waals surface area contributed by atoms with E-state index in [-0.39, 0.29) is 12.6 Å². The lowest BCUT2D eigenvalue weighted by Gasteiger charge is -2.22. The fourth-order valence-electron chi connectivity index (χ4n) is 2.24. The second-order valence-electron chi connectivity index (χ2n) is 4.91. The number of halogens is 1. The van der Waals surface area contributed by atoms with E-state index in [1.54, 1.807) is 30.6 Å². The van der Waals surface area contributed by atoms with Crippen LogP contribution < -0.4 is 5.32 Å². The maximum absolute atomic E-state index is 9.36. The first-order valence-electron chi connectivity index (χ1n) is 6.86. The zero-order valence-corrected chi connectivity index (χ0v) is 15.2. The van der Waals surface area contributed by atoms with Gasteiger partial charge in [-0.15, -0.1) is 0 Å². The molecule has 0 aliphatic carbocycles. The highest BCUT2D eigenvalue weighted by Gasteiger charge is 2.19. The summed E-state index contributed by atoms with van der Waals surface area (Å²) in [7, 11) is 1.64. The molecule has 0 aromatic heterocycles. The van der Waals surface area contributed by atoms with Crippen LogP contribution in [0.2, 0.25) is 0 Å². The highest BCUT2D eigenvalue weighted by molar-refractivity contribution is 9.10. The second-order valence-corrected chi connectivity index (χ2v) is 7.90. The summed E-state index contributed by atoms with van der Waals surface area (Å²) in [5.41, 5.74) is 1.00. The number of methoxy groups -OCH3 is 1. The first-order valence-corrected chi connectivity index (χ1v) is 9.28. The van der Waals surface area contributed by atoms with Gasteiger partial charge in [0, 0.05) is 36.9 Å². The average molecular weight is 398 g/mol. The molecule has 1 aliphatic heterocycles. The normalized spacial score (nSPS) is 14.1. The predicted octanol–water partition coefficient (Wildman–Crippen LogP) is 4.48. The number of aliphatic hydroxyl groups excluding tert-OH is 1. The Labute approximate surface area is 147 Å². The summed E-state index contributed by atoms with van der Waals surface area (Å²) in [6.45, 7) is 0.522. The van der Waals surface area contributed by atoms with Crippen molar-refractivity contribution in [3.05, 3.63) is 40.9 Å². The van der Waals surface area contributed by atoms with Crippen molar-refractivity contribution in [2.24, 2.45) is 0 Å². The SMILES string of the molecule is COC[C@H](CO)Nc1ccc2c(c1)Sc1cccc(Br)c1S2. The van der Waals surface area contributed by atoms with Crippen molar-refractivity contribution < 1.29 is 9.84 Å². The molecule has 2 aromatic carbocycles. The van der Waals surface area contributed by atoms with Crippen molar-refractivity contribution >= 4 is 45.1 Å². The first kappa shape index (κ1) is 16.2. The largest absolute Gasteiger partial charge is 0.394 e. The molecular weight excluding hydrogens is 382 g/mol. The fourth-order valence-corrected chi connectivity index (χ4v) is 5.27. The molecule has 2 N–H and O–H groups in total. The molecule has 0 radical (unpaired) electrons. The third-order valence-corrected chi connectivity index (χ3v) is 6.78. The Morgan fingerprint density at radius 2 is 2.05 bits per heavy atom. The Kier molecular flexibility index (Phi) is 5.36. The minimum atomic E-state index is -0.0919. The molecule has 0 amide bonds. The molecule has 6 heteroatoms. The van der Waals surface area contributed by atoms with Crippen LogP contribution >= 0.6 is 39.5 Å². The summed E-state index contributed by atoms with van der Waals surface area (Å²) in [5.74, 6) is 0. The van der Waals surface area contributed by atoms with Crippen LogP contribution in [0.25, 0.3) is 0 Å². The number of hydrogen-bond acceptors (Lipinski definition) is 5. The number of rotatable bonds is 5. The van der Waals surface area contributed by atoms with Crippen LogP contribution in [-0.4, -0.2) is 31.5 Å². The predicted molar refractivity (Wildman–Crippen MR) is 95.2 cm³/mol.